The first kappa shape index (κ1) is 18.4. The highest BCUT2D eigenvalue weighted by atomic mass is 16.5. The van der Waals surface area contributed by atoms with E-state index in [4.69, 9.17) is 4.52 Å². The monoisotopic (exact) mass is 348 g/mol. The number of carbonyl (C=O) groups is 1. The summed E-state index contributed by atoms with van der Waals surface area (Å²) in [6.07, 6.45) is 4.22. The van der Waals surface area contributed by atoms with Crippen LogP contribution in [0, 0.1) is 11.8 Å². The Morgan fingerprint density at radius 2 is 2.08 bits per heavy atom. The van der Waals surface area contributed by atoms with E-state index in [0.29, 0.717) is 29.7 Å². The van der Waals surface area contributed by atoms with E-state index in [1.165, 1.54) is 0 Å². The van der Waals surface area contributed by atoms with E-state index in [9.17, 15) is 4.79 Å². The topological polar surface area (TPSA) is 71.3 Å². The van der Waals surface area contributed by atoms with Gasteiger partial charge in [0, 0.05) is 30.5 Å². The van der Waals surface area contributed by atoms with E-state index in [1.807, 2.05) is 0 Å². The van der Waals surface area contributed by atoms with E-state index < -0.39 is 0 Å². The van der Waals surface area contributed by atoms with E-state index in [0.717, 1.165) is 44.6 Å². The molecule has 6 nitrogen and oxygen atoms in total. The molecule has 2 heterocycles. The third-order valence-electron chi connectivity index (χ3n) is 5.44. The zero-order valence-corrected chi connectivity index (χ0v) is 16.2. The number of piperidine rings is 1. The molecule has 3 rings (SSSR count). The zero-order chi connectivity index (χ0) is 18.2. The highest BCUT2D eigenvalue weighted by molar-refractivity contribution is 5.81. The number of amides is 1. The molecule has 1 saturated carbocycles. The van der Waals surface area contributed by atoms with Gasteiger partial charge in [-0.15, -0.1) is 0 Å². The number of aromatic nitrogens is 2. The summed E-state index contributed by atoms with van der Waals surface area (Å²) in [6.45, 7) is 12.3. The molecule has 1 aliphatic carbocycles. The van der Waals surface area contributed by atoms with Crippen LogP contribution in [0.5, 0.6) is 0 Å². The van der Waals surface area contributed by atoms with E-state index in [-0.39, 0.29) is 11.5 Å². The largest absolute Gasteiger partial charge is 0.342 e. The normalized spacial score (nSPS) is 25.9. The molecule has 1 amide bonds. The zero-order valence-electron chi connectivity index (χ0n) is 16.2. The van der Waals surface area contributed by atoms with Crippen LogP contribution >= 0.6 is 0 Å². The summed E-state index contributed by atoms with van der Waals surface area (Å²) in [5, 5.41) is 7.79. The van der Waals surface area contributed by atoms with Crippen molar-refractivity contribution in [1.82, 2.24) is 20.4 Å². The summed E-state index contributed by atoms with van der Waals surface area (Å²) >= 11 is 0. The summed E-state index contributed by atoms with van der Waals surface area (Å²) in [5.74, 6) is 2.56. The van der Waals surface area contributed by atoms with Gasteiger partial charge in [-0.3, -0.25) is 4.79 Å². The Morgan fingerprint density at radius 1 is 1.36 bits per heavy atom. The van der Waals surface area contributed by atoms with Gasteiger partial charge in [0.2, 0.25) is 11.8 Å². The average Bonchev–Trinajstić information content (AvgIpc) is 3.28. The van der Waals surface area contributed by atoms with Gasteiger partial charge in [0.1, 0.15) is 0 Å². The van der Waals surface area contributed by atoms with Gasteiger partial charge in [-0.2, -0.15) is 4.98 Å². The number of hydrogen-bond acceptors (Lipinski definition) is 5. The molecule has 1 aliphatic heterocycles. The van der Waals surface area contributed by atoms with Crippen molar-refractivity contribution in [1.29, 1.82) is 0 Å². The third-order valence-corrected chi connectivity index (χ3v) is 5.44. The summed E-state index contributed by atoms with van der Waals surface area (Å²) in [7, 11) is 0. The highest BCUT2D eigenvalue weighted by Gasteiger charge is 2.38. The van der Waals surface area contributed by atoms with Crippen molar-refractivity contribution in [3.63, 3.8) is 0 Å². The Labute approximate surface area is 150 Å². The highest BCUT2D eigenvalue weighted by Crippen LogP contribution is 2.33. The molecule has 0 spiro atoms. The first-order chi connectivity index (χ1) is 11.8. The molecule has 2 aliphatic rings. The number of nitrogens with zero attached hydrogens (tertiary/aromatic N) is 3. The van der Waals surface area contributed by atoms with Gasteiger partial charge in [-0.05, 0) is 32.1 Å². The fourth-order valence-electron chi connectivity index (χ4n) is 3.56. The minimum Gasteiger partial charge on any atom is -0.342 e. The summed E-state index contributed by atoms with van der Waals surface area (Å²) < 4.78 is 5.47. The first-order valence-corrected chi connectivity index (χ1v) is 9.68. The van der Waals surface area contributed by atoms with Crippen LogP contribution in [0.25, 0.3) is 0 Å². The predicted octanol–water partition coefficient (Wildman–Crippen LogP) is 3.05. The van der Waals surface area contributed by atoms with Gasteiger partial charge in [0.05, 0.1) is 6.04 Å². The van der Waals surface area contributed by atoms with Crippen molar-refractivity contribution in [3.8, 4) is 0 Å². The van der Waals surface area contributed by atoms with Crippen LogP contribution in [-0.2, 0) is 10.2 Å². The molecular formula is C19H32N4O2. The minimum atomic E-state index is -0.109. The van der Waals surface area contributed by atoms with Crippen LogP contribution in [0.3, 0.4) is 0 Å². The van der Waals surface area contributed by atoms with Crippen LogP contribution in [0.15, 0.2) is 4.52 Å². The Balaban J connectivity index is 1.59. The molecule has 6 heteroatoms. The molecule has 1 N–H and O–H groups in total. The van der Waals surface area contributed by atoms with Crippen LogP contribution < -0.4 is 5.32 Å². The average molecular weight is 348 g/mol. The molecule has 1 aromatic heterocycles. The predicted molar refractivity (Wildman–Crippen MR) is 96.0 cm³/mol. The fraction of sp³-hybridized carbons (Fsp3) is 0.842. The summed E-state index contributed by atoms with van der Waals surface area (Å²) in [5.41, 5.74) is -0.109. The molecule has 0 bridgehead atoms. The van der Waals surface area contributed by atoms with Crippen molar-refractivity contribution < 1.29 is 9.32 Å². The van der Waals surface area contributed by atoms with E-state index in [1.54, 1.807) is 0 Å². The van der Waals surface area contributed by atoms with Crippen molar-refractivity contribution in [2.24, 2.45) is 11.8 Å². The molecule has 1 aromatic rings. The van der Waals surface area contributed by atoms with Crippen molar-refractivity contribution in [3.05, 3.63) is 11.7 Å². The Morgan fingerprint density at radius 3 is 2.64 bits per heavy atom. The van der Waals surface area contributed by atoms with E-state index in [2.05, 4.69) is 55.0 Å². The lowest BCUT2D eigenvalue weighted by atomic mass is 9.89. The maximum absolute atomic E-state index is 12.3. The van der Waals surface area contributed by atoms with Crippen LogP contribution in [0.4, 0.5) is 0 Å². The fourth-order valence-corrected chi connectivity index (χ4v) is 3.56. The Kier molecular flexibility index (Phi) is 5.19. The smallest absolute Gasteiger partial charge is 0.243 e. The number of likely N-dealkylation sites (tertiary alicyclic amines) is 1. The Hall–Kier alpha value is -1.43. The number of hydrogen-bond donors (Lipinski definition) is 1. The second-order valence-corrected chi connectivity index (χ2v) is 8.72. The number of rotatable bonds is 5. The molecule has 3 atom stereocenters. The van der Waals surface area contributed by atoms with Gasteiger partial charge in [0.15, 0.2) is 5.82 Å². The SMILES string of the molecule is CC[C@@H]1CN(C(=O)C2CC2)CC[C@H]1N[C@H](C)c1nc(C(C)(C)C)no1. The quantitative estimate of drug-likeness (QED) is 0.885. The van der Waals surface area contributed by atoms with Crippen molar-refractivity contribution >= 4 is 5.91 Å². The molecular weight excluding hydrogens is 316 g/mol. The lowest BCUT2D eigenvalue weighted by Gasteiger charge is -2.39. The lowest BCUT2D eigenvalue weighted by molar-refractivity contribution is -0.134. The van der Waals surface area contributed by atoms with Gasteiger partial charge >= 0.3 is 0 Å². The number of nitrogens with one attached hydrogen (secondary N) is 1. The molecule has 0 unspecified atom stereocenters. The Bertz CT molecular complexity index is 603. The van der Waals surface area contributed by atoms with Gasteiger partial charge in [0.25, 0.3) is 0 Å². The summed E-state index contributed by atoms with van der Waals surface area (Å²) in [6, 6.07) is 0.404. The van der Waals surface area contributed by atoms with Crippen LogP contribution in [-0.4, -0.2) is 40.1 Å². The lowest BCUT2D eigenvalue weighted by Crippen LogP contribution is -2.51. The summed E-state index contributed by atoms with van der Waals surface area (Å²) in [4.78, 5) is 19.0. The molecule has 25 heavy (non-hydrogen) atoms. The number of carbonyl (C=O) groups excluding carboxylic acids is 1. The standard InChI is InChI=1S/C19H32N4O2/c1-6-13-11-23(17(24)14-7-8-14)10-9-15(13)20-12(2)16-21-18(22-25-16)19(3,4)5/h12-15,20H,6-11H2,1-5H3/t12-,13-,15-/m1/s1. The van der Waals surface area contributed by atoms with Gasteiger partial charge in [-0.25, -0.2) is 0 Å². The van der Waals surface area contributed by atoms with E-state index >= 15 is 0 Å². The second kappa shape index (κ2) is 7.06. The third kappa shape index (κ3) is 4.22. The maximum Gasteiger partial charge on any atom is 0.243 e. The van der Waals surface area contributed by atoms with Crippen molar-refractivity contribution in [2.75, 3.05) is 13.1 Å². The maximum atomic E-state index is 12.3. The van der Waals surface area contributed by atoms with Gasteiger partial charge < -0.3 is 14.7 Å². The molecule has 140 valence electrons. The first-order valence-electron chi connectivity index (χ1n) is 9.68. The molecule has 1 saturated heterocycles. The second-order valence-electron chi connectivity index (χ2n) is 8.72. The molecule has 0 aromatic carbocycles. The van der Waals surface area contributed by atoms with Crippen LogP contribution in [0.2, 0.25) is 0 Å². The van der Waals surface area contributed by atoms with Gasteiger partial charge in [-0.1, -0.05) is 39.3 Å². The van der Waals surface area contributed by atoms with Crippen molar-refractivity contribution in [2.45, 2.75) is 77.8 Å². The molecule has 2 fully saturated rings. The van der Waals surface area contributed by atoms with Crippen LogP contribution in [0.1, 0.15) is 78.1 Å². The molecule has 0 radical (unpaired) electrons. The minimum absolute atomic E-state index is 0.0216.